The van der Waals surface area contributed by atoms with Crippen LogP contribution in [0.2, 0.25) is 0 Å². The van der Waals surface area contributed by atoms with Crippen molar-refractivity contribution in [1.29, 1.82) is 0 Å². The van der Waals surface area contributed by atoms with E-state index in [2.05, 4.69) is 42.5 Å². The van der Waals surface area contributed by atoms with Gasteiger partial charge in [-0.15, -0.1) is 0 Å². The van der Waals surface area contributed by atoms with Gasteiger partial charge in [0.1, 0.15) is 28.9 Å². The van der Waals surface area contributed by atoms with Gasteiger partial charge in [-0.25, -0.2) is 14.4 Å². The lowest BCUT2D eigenvalue weighted by Crippen LogP contribution is -2.51. The number of carboxylic acid groups (broad SMARTS) is 3. The standard InChI is InChI=1S/C62H94BrIN10O17/c1-60(2,3)89-52(79)39-71-28-26-70(27-29-72(40-53(80)90-61(4,5)6)31-33-73(32-30-71)41-54(81)91-62(7,8)9)38-49(75)65-23-24-67-56(83)44-34-43(35-46(64)36-44)55(82)66-22-12-10-15-50(76)74(37-42-16-18-45(63)19-17-42)25-13-11-14-47(57(84)85)68-59(88)69-48(58(86)87)20-21-51(77)78/h16-19,34-36,47-48H,10-15,20-33,37-41H2,1-9H3,(H,65,75)(H,66,82)(H,67,83)(H,77,78)(H,84,85)(H,86,87)(H2,68,69,88)/t47-,48-/m0/s1/i64-2. The van der Waals surface area contributed by atoms with Crippen LogP contribution in [0.25, 0.3) is 0 Å². The summed E-state index contributed by atoms with van der Waals surface area (Å²) >= 11 is 5.43. The first-order valence-electron chi connectivity index (χ1n) is 30.5. The van der Waals surface area contributed by atoms with Crippen molar-refractivity contribution in [3.05, 3.63) is 67.2 Å². The first kappa shape index (κ1) is 78.7. The summed E-state index contributed by atoms with van der Waals surface area (Å²) in [6.07, 6.45) is 0.637. The van der Waals surface area contributed by atoms with Gasteiger partial charge in [0, 0.05) is 117 Å². The van der Waals surface area contributed by atoms with E-state index in [9.17, 15) is 63.0 Å². The maximum Gasteiger partial charge on any atom is 0.326 e. The van der Waals surface area contributed by atoms with E-state index < -0.39 is 95.4 Å². The molecule has 1 saturated heterocycles. The highest BCUT2D eigenvalue weighted by atomic mass is 125. The molecule has 0 saturated carbocycles. The van der Waals surface area contributed by atoms with Crippen LogP contribution in [0, 0.1) is 3.57 Å². The maximum absolute atomic E-state index is 13.6. The maximum atomic E-state index is 13.6. The molecule has 0 unspecified atom stereocenters. The number of nitrogens with one attached hydrogen (secondary N) is 5. The Bertz CT molecular complexity index is 2730. The van der Waals surface area contributed by atoms with Crippen molar-refractivity contribution < 1.29 is 82.3 Å². The third-order valence-corrected chi connectivity index (χ3v) is 14.7. The summed E-state index contributed by atoms with van der Waals surface area (Å²) in [4.78, 5) is 150. The van der Waals surface area contributed by atoms with Crippen LogP contribution in [-0.2, 0) is 59.1 Å². The molecule has 0 spiro atoms. The molecule has 0 bridgehead atoms. The average Bonchev–Trinajstić information content (AvgIpc) is 2.84. The van der Waals surface area contributed by atoms with E-state index in [1.54, 1.807) is 79.3 Å². The van der Waals surface area contributed by atoms with Gasteiger partial charge in [-0.1, -0.05) is 28.1 Å². The van der Waals surface area contributed by atoms with Gasteiger partial charge in [-0.2, -0.15) is 0 Å². The second-order valence-corrected chi connectivity index (χ2v) is 27.3. The molecule has 0 radical (unpaired) electrons. The lowest BCUT2D eigenvalue weighted by molar-refractivity contribution is -0.158. The van der Waals surface area contributed by atoms with Crippen LogP contribution in [0.5, 0.6) is 0 Å². The van der Waals surface area contributed by atoms with Crippen molar-refractivity contribution in [2.75, 3.05) is 105 Å². The lowest BCUT2D eigenvalue weighted by atomic mass is 10.1. The van der Waals surface area contributed by atoms with Crippen molar-refractivity contribution >= 4 is 104 Å². The molecular weight excluding hydrogens is 1360 g/mol. The Hall–Kier alpha value is -6.54. The van der Waals surface area contributed by atoms with Gasteiger partial charge in [0.15, 0.2) is 0 Å². The van der Waals surface area contributed by atoms with E-state index in [1.807, 2.05) is 66.5 Å². The van der Waals surface area contributed by atoms with Crippen LogP contribution < -0.4 is 26.6 Å². The molecule has 6 amide bonds. The smallest absolute Gasteiger partial charge is 0.326 e. The Morgan fingerprint density at radius 1 is 0.538 bits per heavy atom. The number of rotatable bonds is 32. The third kappa shape index (κ3) is 35.2. The van der Waals surface area contributed by atoms with Crippen LogP contribution in [-0.4, -0.2) is 239 Å². The van der Waals surface area contributed by atoms with Crippen LogP contribution in [0.3, 0.4) is 0 Å². The number of ether oxygens (including phenoxy) is 3. The quantitative estimate of drug-likeness (QED) is 0.0219. The van der Waals surface area contributed by atoms with Gasteiger partial charge >= 0.3 is 41.8 Å². The molecule has 0 aromatic heterocycles. The number of hydrogen-bond donors (Lipinski definition) is 8. The molecule has 1 fully saturated rings. The number of carboxylic acids is 3. The van der Waals surface area contributed by atoms with E-state index in [1.165, 1.54) is 6.07 Å². The number of nitrogens with zero attached hydrogens (tertiary/aromatic N) is 5. The zero-order chi connectivity index (χ0) is 68.1. The first-order chi connectivity index (χ1) is 42.5. The largest absolute Gasteiger partial charge is 0.481 e. The Kier molecular flexibility index (Phi) is 33.8. The summed E-state index contributed by atoms with van der Waals surface area (Å²) in [5, 5.41) is 40.9. The summed E-state index contributed by atoms with van der Waals surface area (Å²) in [5.41, 5.74) is -0.824. The number of esters is 3. The molecule has 1 heterocycles. The number of aliphatic carboxylic acids is 3. The van der Waals surface area contributed by atoms with Crippen molar-refractivity contribution in [2.24, 2.45) is 0 Å². The van der Waals surface area contributed by atoms with Gasteiger partial charge in [0.05, 0.1) is 26.2 Å². The van der Waals surface area contributed by atoms with E-state index in [4.69, 9.17) is 19.3 Å². The summed E-state index contributed by atoms with van der Waals surface area (Å²) in [6, 6.07) is 8.10. The van der Waals surface area contributed by atoms with Gasteiger partial charge < -0.3 is 61.0 Å². The first-order valence-corrected chi connectivity index (χ1v) is 32.4. The summed E-state index contributed by atoms with van der Waals surface area (Å²) in [7, 11) is 0. The van der Waals surface area contributed by atoms with Crippen molar-refractivity contribution in [3.8, 4) is 0 Å². The molecule has 91 heavy (non-hydrogen) atoms. The highest BCUT2D eigenvalue weighted by molar-refractivity contribution is 14.1. The second kappa shape index (κ2) is 39.1. The van der Waals surface area contributed by atoms with Gasteiger partial charge in [0.25, 0.3) is 11.8 Å². The van der Waals surface area contributed by atoms with Crippen LogP contribution >= 0.6 is 38.5 Å². The summed E-state index contributed by atoms with van der Waals surface area (Å²) < 4.78 is 18.4. The fraction of sp³-hybridized carbons (Fsp3) is 0.629. The zero-order valence-corrected chi connectivity index (χ0v) is 57.7. The SMILES string of the molecule is CC(C)(C)OC(=O)CN1CCN(CC(=O)NCCNC(=O)c2cc([125I])cc(C(=O)NCCCCC(=O)N(CCCC[C@H](NC(=O)N[C@@H](CCC(=O)O)C(=O)O)C(=O)O)Cc3ccc(Br)cc3)c2)CCN(CC(=O)OC(C)(C)C)CCN(CC(=O)OC(C)(C)C)CC1. The highest BCUT2D eigenvalue weighted by Gasteiger charge is 2.29. The van der Waals surface area contributed by atoms with E-state index in [0.29, 0.717) is 75.2 Å². The Balaban J connectivity index is 1.58. The molecule has 8 N–H and O–H groups in total. The normalized spacial score (nSPS) is 14.8. The van der Waals surface area contributed by atoms with Gasteiger partial charge in [-0.05, 0) is 159 Å². The molecule has 2 aromatic rings. The van der Waals surface area contributed by atoms with Gasteiger partial charge in [0.2, 0.25) is 11.8 Å². The monoisotopic (exact) mass is 1450 g/mol. The van der Waals surface area contributed by atoms with Crippen LogP contribution in [0.15, 0.2) is 46.9 Å². The second-order valence-electron chi connectivity index (χ2n) is 25.2. The number of hydrogen-bond acceptors (Lipinski definition) is 18. The minimum Gasteiger partial charge on any atom is -0.481 e. The van der Waals surface area contributed by atoms with Crippen molar-refractivity contribution in [3.63, 3.8) is 0 Å². The molecule has 2 atom stereocenters. The Labute approximate surface area is 555 Å². The molecule has 0 aliphatic carbocycles. The van der Waals surface area contributed by atoms with Crippen molar-refractivity contribution in [2.45, 2.75) is 149 Å². The number of urea groups is 1. The third-order valence-electron chi connectivity index (χ3n) is 13.5. The lowest BCUT2D eigenvalue weighted by Gasteiger charge is -2.34. The Morgan fingerprint density at radius 2 is 0.956 bits per heavy atom. The topological polar surface area (TPSA) is 352 Å². The van der Waals surface area contributed by atoms with Crippen LogP contribution in [0.4, 0.5) is 4.79 Å². The average molecular weight is 1460 g/mol. The number of benzene rings is 2. The number of carbonyl (C=O) groups excluding carboxylic acids is 8. The fourth-order valence-corrected chi connectivity index (χ4v) is 10.2. The molecular formula is C62H94BrIN10O17. The minimum atomic E-state index is -1.55. The molecule has 1 aliphatic heterocycles. The number of carbonyl (C=O) groups is 11. The van der Waals surface area contributed by atoms with Crippen LogP contribution in [0.1, 0.15) is 140 Å². The summed E-state index contributed by atoms with van der Waals surface area (Å²) in [5.74, 6) is -6.76. The summed E-state index contributed by atoms with van der Waals surface area (Å²) in [6.45, 7) is 19.8. The molecule has 27 nitrogen and oxygen atoms in total. The van der Waals surface area contributed by atoms with Crippen molar-refractivity contribution in [1.82, 2.24) is 51.1 Å². The molecule has 3 rings (SSSR count). The number of amides is 6. The number of unbranched alkanes of at least 4 members (excludes halogenated alkanes) is 2. The predicted octanol–water partition coefficient (Wildman–Crippen LogP) is 4.32. The van der Waals surface area contributed by atoms with E-state index >= 15 is 0 Å². The van der Waals surface area contributed by atoms with Gasteiger partial charge in [-0.3, -0.25) is 58.0 Å². The molecule has 2 aromatic carbocycles. The predicted molar refractivity (Wildman–Crippen MR) is 349 cm³/mol. The highest BCUT2D eigenvalue weighted by Crippen LogP contribution is 2.18. The molecule has 1 aliphatic rings. The molecule has 29 heteroatoms. The van der Waals surface area contributed by atoms with E-state index in [0.717, 1.165) is 10.0 Å². The van der Waals surface area contributed by atoms with E-state index in [-0.39, 0.29) is 101 Å². The molecule has 508 valence electrons. The zero-order valence-electron chi connectivity index (χ0n) is 53.9. The minimum absolute atomic E-state index is 0.00782. The number of halogens is 2. The Morgan fingerprint density at radius 3 is 1.38 bits per heavy atom. The fourth-order valence-electron chi connectivity index (χ4n) is 9.23.